The molecule has 0 radical (unpaired) electrons. The zero-order valence-corrected chi connectivity index (χ0v) is 13.2. The van der Waals surface area contributed by atoms with Gasteiger partial charge >= 0.3 is 0 Å². The Hall–Kier alpha value is -2.88. The molecular formula is C19H18N2O2. The van der Waals surface area contributed by atoms with Crippen molar-refractivity contribution in [3.05, 3.63) is 70.9 Å². The highest BCUT2D eigenvalue weighted by atomic mass is 16.2. The lowest BCUT2D eigenvalue weighted by molar-refractivity contribution is 0.0963. The molecule has 2 N–H and O–H groups in total. The molecule has 3 aromatic rings. The maximum absolute atomic E-state index is 12.9. The van der Waals surface area contributed by atoms with Crippen LogP contribution in [0, 0.1) is 6.92 Å². The number of benzene rings is 2. The third kappa shape index (κ3) is 2.42. The van der Waals surface area contributed by atoms with Crippen molar-refractivity contribution < 1.29 is 9.59 Å². The van der Waals surface area contributed by atoms with E-state index in [1.54, 1.807) is 11.5 Å². The van der Waals surface area contributed by atoms with Crippen molar-refractivity contribution in [2.45, 2.75) is 20.3 Å². The van der Waals surface area contributed by atoms with E-state index >= 15 is 0 Å². The number of hydrogen-bond donors (Lipinski definition) is 1. The molecular weight excluding hydrogens is 288 g/mol. The van der Waals surface area contributed by atoms with E-state index in [9.17, 15) is 9.59 Å². The van der Waals surface area contributed by atoms with E-state index < -0.39 is 5.91 Å². The van der Waals surface area contributed by atoms with Crippen LogP contribution in [-0.2, 0) is 6.42 Å². The molecule has 0 spiro atoms. The van der Waals surface area contributed by atoms with Gasteiger partial charge in [-0.05, 0) is 37.1 Å². The molecule has 23 heavy (non-hydrogen) atoms. The standard InChI is InChI=1S/C19H18N2O2/c1-3-13-8-10-14(11-9-13)19(23)21-12(2)17(18(20)22)15-6-4-5-7-16(15)21/h4-11H,3H2,1-2H3,(H2,20,22). The third-order valence-corrected chi connectivity index (χ3v) is 4.17. The quantitative estimate of drug-likeness (QED) is 0.807. The Balaban J connectivity index is 2.20. The molecule has 4 heteroatoms. The number of carbonyl (C=O) groups is 2. The van der Waals surface area contributed by atoms with E-state index in [0.29, 0.717) is 27.7 Å². The van der Waals surface area contributed by atoms with Crippen LogP contribution >= 0.6 is 0 Å². The van der Waals surface area contributed by atoms with Crippen molar-refractivity contribution in [1.82, 2.24) is 4.57 Å². The molecule has 0 aliphatic heterocycles. The van der Waals surface area contributed by atoms with Gasteiger partial charge in [0.25, 0.3) is 11.8 Å². The van der Waals surface area contributed by atoms with Crippen LogP contribution in [0.15, 0.2) is 48.5 Å². The molecule has 0 saturated carbocycles. The van der Waals surface area contributed by atoms with Gasteiger partial charge in [0.05, 0.1) is 11.1 Å². The molecule has 1 amide bonds. The monoisotopic (exact) mass is 306 g/mol. The van der Waals surface area contributed by atoms with E-state index in [1.807, 2.05) is 48.5 Å². The second kappa shape index (κ2) is 5.72. The smallest absolute Gasteiger partial charge is 0.262 e. The summed E-state index contributed by atoms with van der Waals surface area (Å²) in [6, 6.07) is 14.8. The normalized spacial score (nSPS) is 10.9. The van der Waals surface area contributed by atoms with E-state index in [1.165, 1.54) is 5.56 Å². The molecule has 0 unspecified atom stereocenters. The fourth-order valence-electron chi connectivity index (χ4n) is 2.95. The lowest BCUT2D eigenvalue weighted by Gasteiger charge is -2.08. The molecule has 1 heterocycles. The average Bonchev–Trinajstić information content (AvgIpc) is 2.86. The number of nitrogens with two attached hydrogens (primary N) is 1. The summed E-state index contributed by atoms with van der Waals surface area (Å²) in [4.78, 5) is 24.7. The van der Waals surface area contributed by atoms with Crippen LogP contribution in [0.25, 0.3) is 10.9 Å². The Morgan fingerprint density at radius 3 is 2.30 bits per heavy atom. The van der Waals surface area contributed by atoms with Crippen molar-refractivity contribution in [3.8, 4) is 0 Å². The Bertz CT molecular complexity index is 905. The Morgan fingerprint density at radius 2 is 1.70 bits per heavy atom. The van der Waals surface area contributed by atoms with Gasteiger partial charge < -0.3 is 5.73 Å². The SMILES string of the molecule is CCc1ccc(C(=O)n2c(C)c(C(N)=O)c3ccccc32)cc1. The van der Waals surface area contributed by atoms with Crippen molar-refractivity contribution >= 4 is 22.7 Å². The zero-order chi connectivity index (χ0) is 16.6. The molecule has 0 bridgehead atoms. The largest absolute Gasteiger partial charge is 0.366 e. The highest BCUT2D eigenvalue weighted by Gasteiger charge is 2.22. The molecule has 0 saturated heterocycles. The number of aryl methyl sites for hydroxylation is 1. The van der Waals surface area contributed by atoms with Crippen LogP contribution in [-0.4, -0.2) is 16.4 Å². The number of para-hydroxylation sites is 1. The van der Waals surface area contributed by atoms with Gasteiger partial charge in [-0.2, -0.15) is 0 Å². The van der Waals surface area contributed by atoms with Crippen LogP contribution in [0.5, 0.6) is 0 Å². The minimum atomic E-state index is -0.522. The summed E-state index contributed by atoms with van der Waals surface area (Å²) < 4.78 is 1.57. The lowest BCUT2D eigenvalue weighted by atomic mass is 10.1. The van der Waals surface area contributed by atoms with Gasteiger partial charge in [0.15, 0.2) is 0 Å². The van der Waals surface area contributed by atoms with Gasteiger partial charge in [-0.3, -0.25) is 14.2 Å². The van der Waals surface area contributed by atoms with Crippen LogP contribution in [0.3, 0.4) is 0 Å². The summed E-state index contributed by atoms with van der Waals surface area (Å²) >= 11 is 0. The fourth-order valence-corrected chi connectivity index (χ4v) is 2.95. The number of nitrogens with zero attached hydrogens (tertiary/aromatic N) is 1. The summed E-state index contributed by atoms with van der Waals surface area (Å²) in [6.45, 7) is 3.82. The minimum absolute atomic E-state index is 0.158. The van der Waals surface area contributed by atoms with Crippen molar-refractivity contribution in [2.75, 3.05) is 0 Å². The maximum atomic E-state index is 12.9. The van der Waals surface area contributed by atoms with Crippen molar-refractivity contribution in [1.29, 1.82) is 0 Å². The van der Waals surface area contributed by atoms with E-state index in [2.05, 4.69) is 6.92 Å². The molecule has 0 aliphatic rings. The number of hydrogen-bond acceptors (Lipinski definition) is 2. The van der Waals surface area contributed by atoms with Gasteiger partial charge in [-0.25, -0.2) is 0 Å². The fraction of sp³-hybridized carbons (Fsp3) is 0.158. The Labute approximate surface area is 134 Å². The maximum Gasteiger partial charge on any atom is 0.262 e. The molecule has 2 aromatic carbocycles. The summed E-state index contributed by atoms with van der Waals surface area (Å²) in [5.41, 5.74) is 8.94. The summed E-state index contributed by atoms with van der Waals surface area (Å²) in [5.74, 6) is -0.680. The van der Waals surface area contributed by atoms with Crippen LogP contribution < -0.4 is 5.73 Å². The number of fused-ring (bicyclic) bond motifs is 1. The summed E-state index contributed by atoms with van der Waals surface area (Å²) in [6.07, 6.45) is 0.922. The van der Waals surface area contributed by atoms with Gasteiger partial charge in [-0.15, -0.1) is 0 Å². The van der Waals surface area contributed by atoms with Crippen molar-refractivity contribution in [2.24, 2.45) is 5.73 Å². The first-order valence-corrected chi connectivity index (χ1v) is 7.58. The van der Waals surface area contributed by atoms with Gasteiger partial charge in [0, 0.05) is 16.6 Å². The lowest BCUT2D eigenvalue weighted by Crippen LogP contribution is -2.16. The molecule has 1 aromatic heterocycles. The van der Waals surface area contributed by atoms with Crippen molar-refractivity contribution in [3.63, 3.8) is 0 Å². The predicted octanol–water partition coefficient (Wildman–Crippen LogP) is 3.30. The van der Waals surface area contributed by atoms with Gasteiger partial charge in [0.2, 0.25) is 0 Å². The summed E-state index contributed by atoms with van der Waals surface area (Å²) in [7, 11) is 0. The van der Waals surface area contributed by atoms with Gasteiger partial charge in [0.1, 0.15) is 0 Å². The predicted molar refractivity (Wildman–Crippen MR) is 90.7 cm³/mol. The first kappa shape index (κ1) is 15.0. The van der Waals surface area contributed by atoms with Crippen LogP contribution in [0.2, 0.25) is 0 Å². The first-order chi connectivity index (χ1) is 11.0. The average molecular weight is 306 g/mol. The van der Waals surface area contributed by atoms with Crippen LogP contribution in [0.1, 0.15) is 38.9 Å². The number of amides is 1. The van der Waals surface area contributed by atoms with E-state index in [0.717, 1.165) is 6.42 Å². The molecule has 3 rings (SSSR count). The molecule has 0 aliphatic carbocycles. The second-order valence-electron chi connectivity index (χ2n) is 5.53. The molecule has 4 nitrogen and oxygen atoms in total. The molecule has 0 fully saturated rings. The highest BCUT2D eigenvalue weighted by molar-refractivity contribution is 6.12. The number of primary amides is 1. The van der Waals surface area contributed by atoms with Crippen LogP contribution in [0.4, 0.5) is 0 Å². The molecule has 0 atom stereocenters. The third-order valence-electron chi connectivity index (χ3n) is 4.17. The Kier molecular flexibility index (Phi) is 3.74. The second-order valence-corrected chi connectivity index (χ2v) is 5.53. The minimum Gasteiger partial charge on any atom is -0.366 e. The van der Waals surface area contributed by atoms with E-state index in [4.69, 9.17) is 5.73 Å². The topological polar surface area (TPSA) is 65.1 Å². The number of rotatable bonds is 3. The number of carbonyl (C=O) groups excluding carboxylic acids is 2. The first-order valence-electron chi connectivity index (χ1n) is 7.58. The zero-order valence-electron chi connectivity index (χ0n) is 13.2. The highest BCUT2D eigenvalue weighted by Crippen LogP contribution is 2.26. The van der Waals surface area contributed by atoms with Gasteiger partial charge in [-0.1, -0.05) is 37.3 Å². The summed E-state index contributed by atoms with van der Waals surface area (Å²) in [5, 5.41) is 0.705. The Morgan fingerprint density at radius 1 is 1.04 bits per heavy atom. The molecule has 116 valence electrons. The van der Waals surface area contributed by atoms with E-state index in [-0.39, 0.29) is 5.91 Å². The number of aromatic nitrogens is 1.